The zero-order valence-corrected chi connectivity index (χ0v) is 8.88. The van der Waals surface area contributed by atoms with Gasteiger partial charge < -0.3 is 4.74 Å². The van der Waals surface area contributed by atoms with Crippen LogP contribution in [-0.2, 0) is 0 Å². The number of hydrogen-bond acceptors (Lipinski definition) is 2. The fourth-order valence-electron chi connectivity index (χ4n) is 1.44. The molecule has 0 amide bonds. The van der Waals surface area contributed by atoms with Gasteiger partial charge in [0.2, 0.25) is 0 Å². The van der Waals surface area contributed by atoms with Gasteiger partial charge in [-0.3, -0.25) is 4.98 Å². The summed E-state index contributed by atoms with van der Waals surface area (Å²) in [5, 5.41) is 3.34. The summed E-state index contributed by atoms with van der Waals surface area (Å²) in [6, 6.07) is 7.59. The second-order valence-corrected chi connectivity index (χ2v) is 3.16. The zero-order chi connectivity index (χ0) is 10.7. The molecule has 0 saturated heterocycles. The number of fused-ring (bicyclic) bond motifs is 1. The molecule has 0 aliphatic heterocycles. The fraction of sp³-hybridized carbons (Fsp3) is 0.0833. The van der Waals surface area contributed by atoms with E-state index in [2.05, 4.69) is 16.3 Å². The summed E-state index contributed by atoms with van der Waals surface area (Å²) in [7, 11) is 1.61. The quantitative estimate of drug-likeness (QED) is 0.686. The lowest BCUT2D eigenvalue weighted by molar-refractivity contribution is 0.419. The fourth-order valence-corrected chi connectivity index (χ4v) is 1.55. The number of nitrogens with zero attached hydrogens (tertiary/aromatic N) is 1. The number of rotatable bonds is 1. The molecule has 3 heteroatoms. The summed E-state index contributed by atoms with van der Waals surface area (Å²) in [5.74, 6) is 3.49. The molecule has 0 spiro atoms. The largest absolute Gasteiger partial charge is 0.494 e. The van der Waals surface area contributed by atoms with Gasteiger partial charge in [0.1, 0.15) is 11.3 Å². The molecule has 2 rings (SSSR count). The molecule has 2 nitrogen and oxygen atoms in total. The van der Waals surface area contributed by atoms with Crippen LogP contribution in [0.3, 0.4) is 0 Å². The third kappa shape index (κ3) is 1.88. The maximum Gasteiger partial charge on any atom is 0.146 e. The zero-order valence-electron chi connectivity index (χ0n) is 8.12. The molecule has 15 heavy (non-hydrogen) atoms. The second kappa shape index (κ2) is 4.20. The van der Waals surface area contributed by atoms with Crippen molar-refractivity contribution in [3.8, 4) is 17.0 Å². The monoisotopic (exact) mass is 217 g/mol. The van der Waals surface area contributed by atoms with Crippen LogP contribution in [0.4, 0.5) is 0 Å². The van der Waals surface area contributed by atoms with E-state index >= 15 is 0 Å². The Balaban J connectivity index is 2.74. The minimum Gasteiger partial charge on any atom is -0.494 e. The van der Waals surface area contributed by atoms with Crippen molar-refractivity contribution < 1.29 is 4.74 Å². The van der Waals surface area contributed by atoms with E-state index in [1.54, 1.807) is 13.3 Å². The molecular formula is C12H8ClNO. The predicted molar refractivity (Wildman–Crippen MR) is 61.0 cm³/mol. The van der Waals surface area contributed by atoms with Crippen LogP contribution >= 0.6 is 11.6 Å². The van der Waals surface area contributed by atoms with Crippen LogP contribution in [0.1, 0.15) is 5.56 Å². The lowest BCUT2D eigenvalue weighted by Crippen LogP contribution is -1.88. The summed E-state index contributed by atoms with van der Waals surface area (Å²) < 4.78 is 5.24. The van der Waals surface area contributed by atoms with Gasteiger partial charge in [0.15, 0.2) is 0 Å². The number of hydrogen-bond donors (Lipinski definition) is 0. The predicted octanol–water partition coefficient (Wildman–Crippen LogP) is 2.79. The minimum absolute atomic E-state index is 0.711. The van der Waals surface area contributed by atoms with Crippen LogP contribution in [0.15, 0.2) is 30.5 Å². The Morgan fingerprint density at radius 1 is 1.40 bits per heavy atom. The highest BCUT2D eigenvalue weighted by atomic mass is 35.5. The van der Waals surface area contributed by atoms with Crippen LogP contribution in [0, 0.1) is 11.3 Å². The highest BCUT2D eigenvalue weighted by Gasteiger charge is 2.03. The molecule has 0 bridgehead atoms. The van der Waals surface area contributed by atoms with Gasteiger partial charge in [-0.2, -0.15) is 0 Å². The molecule has 0 atom stereocenters. The molecule has 1 heterocycles. The molecule has 0 aliphatic carbocycles. The van der Waals surface area contributed by atoms with Crippen molar-refractivity contribution in [3.05, 3.63) is 36.0 Å². The standard InChI is InChI=1S/C12H8ClNO/c1-15-11-8-9(4-5-13)7-10-3-2-6-14-12(10)11/h2-3,6-8H,1H3. The van der Waals surface area contributed by atoms with Crippen molar-refractivity contribution in [2.24, 2.45) is 0 Å². The van der Waals surface area contributed by atoms with Gasteiger partial charge in [0.05, 0.1) is 7.11 Å². The van der Waals surface area contributed by atoms with Crippen LogP contribution in [0.5, 0.6) is 5.75 Å². The molecule has 0 aliphatic rings. The van der Waals surface area contributed by atoms with E-state index in [-0.39, 0.29) is 0 Å². The number of halogens is 1. The third-order valence-electron chi connectivity index (χ3n) is 2.08. The molecule has 0 fully saturated rings. The molecule has 74 valence electrons. The summed E-state index contributed by atoms with van der Waals surface area (Å²) in [6.45, 7) is 0. The summed E-state index contributed by atoms with van der Waals surface area (Å²) in [4.78, 5) is 4.25. The Hall–Kier alpha value is -1.72. The molecule has 0 N–H and O–H groups in total. The van der Waals surface area contributed by atoms with Gasteiger partial charge in [-0.25, -0.2) is 0 Å². The Bertz CT molecular complexity index is 554. The van der Waals surface area contributed by atoms with Crippen molar-refractivity contribution in [3.63, 3.8) is 0 Å². The topological polar surface area (TPSA) is 22.1 Å². The van der Waals surface area contributed by atoms with Crippen molar-refractivity contribution in [2.75, 3.05) is 7.11 Å². The first kappa shape index (κ1) is 9.82. The van der Waals surface area contributed by atoms with E-state index in [1.165, 1.54) is 0 Å². The highest BCUT2D eigenvalue weighted by Crippen LogP contribution is 2.24. The molecule has 1 aromatic carbocycles. The van der Waals surface area contributed by atoms with E-state index in [0.29, 0.717) is 5.75 Å². The van der Waals surface area contributed by atoms with Crippen LogP contribution < -0.4 is 4.74 Å². The maximum absolute atomic E-state index is 5.37. The lowest BCUT2D eigenvalue weighted by atomic mass is 10.1. The first-order chi connectivity index (χ1) is 7.35. The molecule has 0 radical (unpaired) electrons. The molecule has 2 aromatic rings. The van der Waals surface area contributed by atoms with Crippen molar-refractivity contribution in [2.45, 2.75) is 0 Å². The van der Waals surface area contributed by atoms with Crippen LogP contribution in [0.2, 0.25) is 0 Å². The number of methoxy groups -OCH3 is 1. The first-order valence-electron chi connectivity index (χ1n) is 4.39. The Kier molecular flexibility index (Phi) is 2.75. The first-order valence-corrected chi connectivity index (χ1v) is 4.77. The molecule has 0 saturated carbocycles. The summed E-state index contributed by atoms with van der Waals surface area (Å²) >= 11 is 5.37. The van der Waals surface area contributed by atoms with Gasteiger partial charge in [0.25, 0.3) is 0 Å². The summed E-state index contributed by atoms with van der Waals surface area (Å²) in [6.07, 6.45) is 1.73. The molecule has 0 unspecified atom stereocenters. The number of pyridine rings is 1. The van der Waals surface area contributed by atoms with Gasteiger partial charge in [0, 0.05) is 22.5 Å². The van der Waals surface area contributed by atoms with Gasteiger partial charge >= 0.3 is 0 Å². The third-order valence-corrected chi connectivity index (χ3v) is 2.18. The van der Waals surface area contributed by atoms with E-state index in [1.807, 2.05) is 24.3 Å². The minimum atomic E-state index is 0.711. The summed E-state index contributed by atoms with van der Waals surface area (Å²) in [5.41, 5.74) is 1.66. The van der Waals surface area contributed by atoms with Crippen molar-refractivity contribution in [1.29, 1.82) is 0 Å². The lowest BCUT2D eigenvalue weighted by Gasteiger charge is -2.04. The van der Waals surface area contributed by atoms with Gasteiger partial charge in [-0.05, 0) is 35.7 Å². The average molecular weight is 218 g/mol. The van der Waals surface area contributed by atoms with Crippen molar-refractivity contribution in [1.82, 2.24) is 4.98 Å². The Morgan fingerprint density at radius 3 is 3.00 bits per heavy atom. The number of aromatic nitrogens is 1. The maximum atomic E-state index is 5.37. The van der Waals surface area contributed by atoms with E-state index in [0.717, 1.165) is 16.5 Å². The van der Waals surface area contributed by atoms with Gasteiger partial charge in [-0.15, -0.1) is 0 Å². The molecular weight excluding hydrogens is 210 g/mol. The van der Waals surface area contributed by atoms with Crippen molar-refractivity contribution >= 4 is 22.5 Å². The van der Waals surface area contributed by atoms with E-state index in [4.69, 9.17) is 16.3 Å². The highest BCUT2D eigenvalue weighted by molar-refractivity contribution is 6.30. The SMILES string of the molecule is COc1cc(C#CCl)cc2cccnc12. The Labute approximate surface area is 92.8 Å². The smallest absolute Gasteiger partial charge is 0.146 e. The van der Waals surface area contributed by atoms with Gasteiger partial charge in [-0.1, -0.05) is 6.07 Å². The number of benzene rings is 1. The van der Waals surface area contributed by atoms with Crippen LogP contribution in [-0.4, -0.2) is 12.1 Å². The van der Waals surface area contributed by atoms with E-state index < -0.39 is 0 Å². The van der Waals surface area contributed by atoms with E-state index in [9.17, 15) is 0 Å². The second-order valence-electron chi connectivity index (χ2n) is 2.97. The average Bonchev–Trinajstić information content (AvgIpc) is 2.28. The molecule has 1 aromatic heterocycles. The number of ether oxygens (including phenoxy) is 1. The van der Waals surface area contributed by atoms with Crippen LogP contribution in [0.25, 0.3) is 10.9 Å². The normalized spacial score (nSPS) is 9.47. The Morgan fingerprint density at radius 2 is 2.27 bits per heavy atom.